The molecule has 0 radical (unpaired) electrons. The number of hydrogen-bond acceptors (Lipinski definition) is 2. The van der Waals surface area contributed by atoms with Crippen LogP contribution in [0.5, 0.6) is 0 Å². The minimum absolute atomic E-state index is 0.0916. The maximum absolute atomic E-state index is 12.6. The zero-order valence-electron chi connectivity index (χ0n) is 12.4. The molecule has 0 aliphatic carbocycles. The van der Waals surface area contributed by atoms with Crippen molar-refractivity contribution in [1.29, 1.82) is 0 Å². The summed E-state index contributed by atoms with van der Waals surface area (Å²) in [6.07, 6.45) is -3.45. The number of hydrogen-bond donors (Lipinski definition) is 2. The Hall–Kier alpha value is -2.25. The molecule has 1 heterocycles. The Morgan fingerprint density at radius 3 is 2.70 bits per heavy atom. The standard InChI is InChI=1S/C15H18F3N3O2/c16-15(17,18)11-3-1-2-10(8-11)4-5-13(22)20-12-6-7-21(9-12)14(19)23/h1-3,8,12H,4-7,9H2,(H2,19,23)(H,20,22). The van der Waals surface area contributed by atoms with Crippen LogP contribution in [0.1, 0.15) is 24.0 Å². The summed E-state index contributed by atoms with van der Waals surface area (Å²) >= 11 is 0. The molecule has 126 valence electrons. The van der Waals surface area contributed by atoms with Gasteiger partial charge in [0.15, 0.2) is 0 Å². The van der Waals surface area contributed by atoms with Gasteiger partial charge in [-0.25, -0.2) is 4.79 Å². The van der Waals surface area contributed by atoms with Crippen LogP contribution in [0, 0.1) is 0 Å². The molecule has 0 saturated carbocycles. The lowest BCUT2D eigenvalue weighted by Gasteiger charge is -2.14. The third kappa shape index (κ3) is 4.87. The third-order valence-corrected chi connectivity index (χ3v) is 3.76. The van der Waals surface area contributed by atoms with Crippen LogP contribution in [-0.2, 0) is 17.4 Å². The molecule has 1 atom stereocenters. The maximum atomic E-state index is 12.6. The van der Waals surface area contributed by atoms with Gasteiger partial charge in [0.1, 0.15) is 0 Å². The number of alkyl halides is 3. The summed E-state index contributed by atoms with van der Waals surface area (Å²) in [6.45, 7) is 0.860. The highest BCUT2D eigenvalue weighted by Crippen LogP contribution is 2.29. The minimum atomic E-state index is -4.39. The highest BCUT2D eigenvalue weighted by Gasteiger charge is 2.30. The number of benzene rings is 1. The summed E-state index contributed by atoms with van der Waals surface area (Å²) in [5.41, 5.74) is 4.90. The number of nitrogens with zero attached hydrogens (tertiary/aromatic N) is 1. The maximum Gasteiger partial charge on any atom is 0.416 e. The number of halogens is 3. The molecule has 1 saturated heterocycles. The molecule has 1 aliphatic heterocycles. The lowest BCUT2D eigenvalue weighted by molar-refractivity contribution is -0.137. The van der Waals surface area contributed by atoms with E-state index in [4.69, 9.17) is 5.73 Å². The molecule has 1 aromatic carbocycles. The van der Waals surface area contributed by atoms with Gasteiger partial charge in [0.25, 0.3) is 0 Å². The van der Waals surface area contributed by atoms with E-state index in [0.29, 0.717) is 25.1 Å². The van der Waals surface area contributed by atoms with Gasteiger partial charge < -0.3 is 16.0 Å². The van der Waals surface area contributed by atoms with Gasteiger partial charge in [-0.1, -0.05) is 18.2 Å². The first-order valence-corrected chi connectivity index (χ1v) is 7.25. The predicted octanol–water partition coefficient (Wildman–Crippen LogP) is 1.91. The van der Waals surface area contributed by atoms with Crippen molar-refractivity contribution in [3.63, 3.8) is 0 Å². The summed E-state index contributed by atoms with van der Waals surface area (Å²) < 4.78 is 37.9. The number of carbonyl (C=O) groups excluding carboxylic acids is 2. The molecule has 5 nitrogen and oxygen atoms in total. The van der Waals surface area contributed by atoms with E-state index < -0.39 is 17.8 Å². The van der Waals surface area contributed by atoms with Gasteiger partial charge >= 0.3 is 12.2 Å². The van der Waals surface area contributed by atoms with E-state index in [0.717, 1.165) is 12.1 Å². The van der Waals surface area contributed by atoms with Gasteiger partial charge in [0.05, 0.1) is 5.56 Å². The number of urea groups is 1. The predicted molar refractivity (Wildman–Crippen MR) is 77.5 cm³/mol. The van der Waals surface area contributed by atoms with Gasteiger partial charge in [0, 0.05) is 25.6 Å². The molecule has 0 bridgehead atoms. The zero-order valence-corrected chi connectivity index (χ0v) is 12.4. The van der Waals surface area contributed by atoms with Gasteiger partial charge in [0.2, 0.25) is 5.91 Å². The molecule has 3 N–H and O–H groups in total. The smallest absolute Gasteiger partial charge is 0.352 e. The zero-order chi connectivity index (χ0) is 17.0. The summed E-state index contributed by atoms with van der Waals surface area (Å²) in [4.78, 5) is 24.3. The van der Waals surface area contributed by atoms with Gasteiger partial charge in [-0.15, -0.1) is 0 Å². The number of nitrogens with two attached hydrogens (primary N) is 1. The van der Waals surface area contributed by atoms with E-state index in [-0.39, 0.29) is 24.8 Å². The van der Waals surface area contributed by atoms with Gasteiger partial charge in [-0.3, -0.25) is 4.79 Å². The Bertz CT molecular complexity index is 590. The van der Waals surface area contributed by atoms with Crippen LogP contribution in [0.3, 0.4) is 0 Å². The van der Waals surface area contributed by atoms with E-state index in [2.05, 4.69) is 5.32 Å². The van der Waals surface area contributed by atoms with Crippen molar-refractivity contribution < 1.29 is 22.8 Å². The molecular formula is C15H18F3N3O2. The molecule has 3 amide bonds. The number of primary amides is 1. The molecule has 1 aromatic rings. The highest BCUT2D eigenvalue weighted by molar-refractivity contribution is 5.77. The Morgan fingerprint density at radius 1 is 1.35 bits per heavy atom. The first kappa shape index (κ1) is 17.1. The van der Waals surface area contributed by atoms with Crippen molar-refractivity contribution >= 4 is 11.9 Å². The number of amides is 3. The topological polar surface area (TPSA) is 75.4 Å². The fourth-order valence-corrected chi connectivity index (χ4v) is 2.54. The molecular weight excluding hydrogens is 311 g/mol. The molecule has 8 heteroatoms. The Morgan fingerprint density at radius 2 is 2.09 bits per heavy atom. The SMILES string of the molecule is NC(=O)N1CCC(NC(=O)CCc2cccc(C(F)(F)F)c2)C1. The fourth-order valence-electron chi connectivity index (χ4n) is 2.54. The lowest BCUT2D eigenvalue weighted by Crippen LogP contribution is -2.40. The second-order valence-electron chi connectivity index (χ2n) is 5.54. The number of rotatable bonds is 4. The van der Waals surface area contributed by atoms with Crippen molar-refractivity contribution in [2.45, 2.75) is 31.5 Å². The van der Waals surface area contributed by atoms with E-state index in [9.17, 15) is 22.8 Å². The molecule has 1 unspecified atom stereocenters. The fraction of sp³-hybridized carbons (Fsp3) is 0.467. The molecule has 23 heavy (non-hydrogen) atoms. The molecule has 0 spiro atoms. The van der Waals surface area contributed by atoms with E-state index in [1.54, 1.807) is 6.07 Å². The van der Waals surface area contributed by atoms with Crippen LogP contribution in [-0.4, -0.2) is 36.0 Å². The van der Waals surface area contributed by atoms with Crippen LogP contribution >= 0.6 is 0 Å². The Labute approximate surface area is 131 Å². The van der Waals surface area contributed by atoms with Crippen LogP contribution in [0.15, 0.2) is 24.3 Å². The summed E-state index contributed by atoms with van der Waals surface area (Å²) in [5.74, 6) is -0.251. The van der Waals surface area contributed by atoms with Crippen molar-refractivity contribution in [3.05, 3.63) is 35.4 Å². The summed E-state index contributed by atoms with van der Waals surface area (Å²) in [6, 6.07) is 4.27. The average Bonchev–Trinajstić information content (AvgIpc) is 2.93. The normalized spacial score (nSPS) is 18.0. The minimum Gasteiger partial charge on any atom is -0.352 e. The first-order valence-electron chi connectivity index (χ1n) is 7.25. The van der Waals surface area contributed by atoms with Crippen LogP contribution < -0.4 is 11.1 Å². The van der Waals surface area contributed by atoms with Crippen molar-refractivity contribution in [1.82, 2.24) is 10.2 Å². The van der Waals surface area contributed by atoms with Crippen molar-refractivity contribution in [2.24, 2.45) is 5.73 Å². The second kappa shape index (κ2) is 6.89. The largest absolute Gasteiger partial charge is 0.416 e. The quantitative estimate of drug-likeness (QED) is 0.885. The number of likely N-dealkylation sites (tertiary alicyclic amines) is 1. The number of nitrogens with one attached hydrogen (secondary N) is 1. The van der Waals surface area contributed by atoms with Crippen LogP contribution in [0.2, 0.25) is 0 Å². The molecule has 2 rings (SSSR count). The summed E-state index contributed by atoms with van der Waals surface area (Å²) in [7, 11) is 0. The van der Waals surface area contributed by atoms with E-state index in [1.165, 1.54) is 11.0 Å². The Balaban J connectivity index is 1.82. The molecule has 1 aliphatic rings. The van der Waals surface area contributed by atoms with Gasteiger partial charge in [-0.05, 0) is 24.5 Å². The van der Waals surface area contributed by atoms with Crippen LogP contribution in [0.25, 0.3) is 0 Å². The third-order valence-electron chi connectivity index (χ3n) is 3.76. The number of carbonyl (C=O) groups is 2. The van der Waals surface area contributed by atoms with Crippen LogP contribution in [0.4, 0.5) is 18.0 Å². The van der Waals surface area contributed by atoms with E-state index in [1.807, 2.05) is 0 Å². The summed E-state index contributed by atoms with van der Waals surface area (Å²) in [5, 5.41) is 2.77. The number of aryl methyl sites for hydroxylation is 1. The molecule has 0 aromatic heterocycles. The monoisotopic (exact) mass is 329 g/mol. The second-order valence-corrected chi connectivity index (χ2v) is 5.54. The van der Waals surface area contributed by atoms with E-state index >= 15 is 0 Å². The van der Waals surface area contributed by atoms with Crippen molar-refractivity contribution in [3.8, 4) is 0 Å². The first-order chi connectivity index (χ1) is 10.8. The Kier molecular flexibility index (Phi) is 5.12. The average molecular weight is 329 g/mol. The highest BCUT2D eigenvalue weighted by atomic mass is 19.4. The van der Waals surface area contributed by atoms with Crippen molar-refractivity contribution in [2.75, 3.05) is 13.1 Å². The van der Waals surface area contributed by atoms with Gasteiger partial charge in [-0.2, -0.15) is 13.2 Å². The lowest BCUT2D eigenvalue weighted by atomic mass is 10.1. The molecule has 1 fully saturated rings.